The molecular formula is C23H29N5O2S. The average molecular weight is 440 g/mol. The van der Waals surface area contributed by atoms with Gasteiger partial charge in [0.05, 0.1) is 11.7 Å². The van der Waals surface area contributed by atoms with E-state index in [1.54, 1.807) is 0 Å². The van der Waals surface area contributed by atoms with Crippen LogP contribution in [0.4, 0.5) is 5.82 Å². The lowest BCUT2D eigenvalue weighted by Crippen LogP contribution is -2.44. The summed E-state index contributed by atoms with van der Waals surface area (Å²) in [7, 11) is 0. The number of nitrogens with one attached hydrogen (secondary N) is 2. The first-order valence-corrected chi connectivity index (χ1v) is 11.9. The van der Waals surface area contributed by atoms with Crippen molar-refractivity contribution in [2.75, 3.05) is 23.7 Å². The van der Waals surface area contributed by atoms with Crippen LogP contribution in [-0.2, 0) is 16.1 Å². The number of aromatic nitrogens is 2. The van der Waals surface area contributed by atoms with Crippen molar-refractivity contribution in [1.29, 1.82) is 0 Å². The summed E-state index contributed by atoms with van der Waals surface area (Å²) < 4.78 is 0. The van der Waals surface area contributed by atoms with Crippen LogP contribution in [0, 0.1) is 12.8 Å². The fourth-order valence-corrected chi connectivity index (χ4v) is 4.25. The van der Waals surface area contributed by atoms with Crippen molar-refractivity contribution in [3.63, 3.8) is 0 Å². The number of aryl methyl sites for hydroxylation is 1. The van der Waals surface area contributed by atoms with Gasteiger partial charge in [-0.2, -0.15) is 0 Å². The fraction of sp³-hybridized carbons (Fsp3) is 0.478. The van der Waals surface area contributed by atoms with Crippen LogP contribution in [0.5, 0.6) is 0 Å². The van der Waals surface area contributed by atoms with Crippen molar-refractivity contribution in [3.8, 4) is 0 Å². The van der Waals surface area contributed by atoms with Crippen molar-refractivity contribution in [2.24, 2.45) is 5.92 Å². The summed E-state index contributed by atoms with van der Waals surface area (Å²) in [6, 6.07) is 12.3. The van der Waals surface area contributed by atoms with Crippen LogP contribution >= 0.6 is 11.8 Å². The molecule has 2 aliphatic rings. The molecule has 0 radical (unpaired) electrons. The zero-order chi connectivity index (χ0) is 21.6. The van der Waals surface area contributed by atoms with Gasteiger partial charge in [0.2, 0.25) is 11.8 Å². The summed E-state index contributed by atoms with van der Waals surface area (Å²) in [5, 5.41) is 15.4. The number of amides is 2. The zero-order valence-corrected chi connectivity index (χ0v) is 18.7. The lowest BCUT2D eigenvalue weighted by atomic mass is 9.97. The Balaban J connectivity index is 1.22. The first-order valence-electron chi connectivity index (χ1n) is 10.9. The van der Waals surface area contributed by atoms with Gasteiger partial charge in [0, 0.05) is 25.7 Å². The molecule has 1 atom stereocenters. The molecule has 8 heteroatoms. The number of rotatable bonds is 8. The van der Waals surface area contributed by atoms with Crippen LogP contribution in [-0.4, -0.2) is 46.9 Å². The Morgan fingerprint density at radius 2 is 1.90 bits per heavy atom. The number of carbonyl (C=O) groups excluding carboxylic acids is 2. The summed E-state index contributed by atoms with van der Waals surface area (Å²) in [5.74, 6) is 1.24. The highest BCUT2D eigenvalue weighted by molar-refractivity contribution is 7.99. The largest absolute Gasteiger partial charge is 0.354 e. The first kappa shape index (κ1) is 21.6. The maximum Gasteiger partial charge on any atom is 0.230 e. The molecule has 2 N–H and O–H groups in total. The average Bonchev–Trinajstić information content (AvgIpc) is 3.62. The highest BCUT2D eigenvalue weighted by atomic mass is 32.2. The molecule has 7 nitrogen and oxygen atoms in total. The van der Waals surface area contributed by atoms with Crippen molar-refractivity contribution in [1.82, 2.24) is 20.8 Å². The van der Waals surface area contributed by atoms with Crippen LogP contribution < -0.4 is 15.5 Å². The van der Waals surface area contributed by atoms with Gasteiger partial charge < -0.3 is 15.5 Å². The molecule has 2 amide bonds. The van der Waals surface area contributed by atoms with Gasteiger partial charge in [-0.05, 0) is 50.3 Å². The SMILES string of the molecule is Cc1ccc(CNC(=O)CSc2ccc(N3CCCC(C(=O)NC4CC4)C3)nn2)cc1. The Morgan fingerprint density at radius 1 is 1.10 bits per heavy atom. The number of thioether (sulfide) groups is 1. The van der Waals surface area contributed by atoms with E-state index in [-0.39, 0.29) is 17.7 Å². The molecule has 2 fully saturated rings. The molecule has 1 saturated heterocycles. The summed E-state index contributed by atoms with van der Waals surface area (Å²) in [5.41, 5.74) is 2.29. The minimum atomic E-state index is -0.0306. The summed E-state index contributed by atoms with van der Waals surface area (Å²) in [4.78, 5) is 26.6. The molecule has 31 heavy (non-hydrogen) atoms. The Morgan fingerprint density at radius 3 is 2.61 bits per heavy atom. The number of piperidine rings is 1. The van der Waals surface area contributed by atoms with E-state index >= 15 is 0 Å². The normalized spacial score (nSPS) is 18.5. The minimum Gasteiger partial charge on any atom is -0.354 e. The van der Waals surface area contributed by atoms with Gasteiger partial charge in [0.25, 0.3) is 0 Å². The van der Waals surface area contributed by atoms with Gasteiger partial charge in [0.15, 0.2) is 5.82 Å². The highest BCUT2D eigenvalue weighted by Crippen LogP contribution is 2.25. The van der Waals surface area contributed by atoms with Gasteiger partial charge in [-0.15, -0.1) is 10.2 Å². The van der Waals surface area contributed by atoms with Gasteiger partial charge in [-0.1, -0.05) is 41.6 Å². The quantitative estimate of drug-likeness (QED) is 0.615. The van der Waals surface area contributed by atoms with E-state index in [0.29, 0.717) is 29.9 Å². The number of hydrogen-bond acceptors (Lipinski definition) is 6. The van der Waals surface area contributed by atoms with Crippen LogP contribution in [0.25, 0.3) is 0 Å². The monoisotopic (exact) mass is 439 g/mol. The molecule has 1 aromatic carbocycles. The molecule has 1 aliphatic carbocycles. The van der Waals surface area contributed by atoms with E-state index in [0.717, 1.165) is 43.6 Å². The van der Waals surface area contributed by atoms with Gasteiger partial charge in [-0.25, -0.2) is 0 Å². The minimum absolute atomic E-state index is 0.0161. The van der Waals surface area contributed by atoms with Crippen LogP contribution in [0.1, 0.15) is 36.8 Å². The molecule has 1 aromatic heterocycles. The molecule has 1 unspecified atom stereocenters. The summed E-state index contributed by atoms with van der Waals surface area (Å²) in [6.45, 7) is 4.13. The lowest BCUT2D eigenvalue weighted by molar-refractivity contribution is -0.125. The smallest absolute Gasteiger partial charge is 0.230 e. The van der Waals surface area contributed by atoms with Crippen molar-refractivity contribution in [2.45, 2.75) is 50.2 Å². The standard InChI is InChI=1S/C23H29N5O2S/c1-16-4-6-17(7-5-16)13-24-21(29)15-31-22-11-10-20(26-27-22)28-12-2-3-18(14-28)23(30)25-19-8-9-19/h4-7,10-11,18-19H,2-3,8-9,12-15H2,1H3,(H,24,29)(H,25,30). The maximum absolute atomic E-state index is 12.4. The van der Waals surface area contributed by atoms with E-state index in [1.807, 2.05) is 43.3 Å². The van der Waals surface area contributed by atoms with E-state index in [4.69, 9.17) is 0 Å². The van der Waals surface area contributed by atoms with E-state index < -0.39 is 0 Å². The highest BCUT2D eigenvalue weighted by Gasteiger charge is 2.30. The molecule has 0 spiro atoms. The Bertz CT molecular complexity index is 899. The lowest BCUT2D eigenvalue weighted by Gasteiger charge is -2.32. The topological polar surface area (TPSA) is 87.2 Å². The van der Waals surface area contributed by atoms with Gasteiger partial charge in [0.1, 0.15) is 5.03 Å². The van der Waals surface area contributed by atoms with Gasteiger partial charge in [-0.3, -0.25) is 9.59 Å². The number of carbonyl (C=O) groups is 2. The van der Waals surface area contributed by atoms with Crippen molar-refractivity contribution < 1.29 is 9.59 Å². The third-order valence-electron chi connectivity index (χ3n) is 5.63. The van der Waals surface area contributed by atoms with E-state index in [9.17, 15) is 9.59 Å². The molecule has 2 heterocycles. The summed E-state index contributed by atoms with van der Waals surface area (Å²) >= 11 is 1.37. The zero-order valence-electron chi connectivity index (χ0n) is 17.8. The predicted octanol–water partition coefficient (Wildman–Crippen LogP) is 2.69. The van der Waals surface area contributed by atoms with Crippen molar-refractivity contribution >= 4 is 29.4 Å². The first-order chi connectivity index (χ1) is 15.1. The number of anilines is 1. The predicted molar refractivity (Wildman–Crippen MR) is 122 cm³/mol. The second kappa shape index (κ2) is 10.1. The molecule has 1 aliphatic heterocycles. The third kappa shape index (κ3) is 6.43. The van der Waals surface area contributed by atoms with Crippen LogP contribution in [0.15, 0.2) is 41.4 Å². The number of hydrogen-bond donors (Lipinski definition) is 2. The molecule has 0 bridgehead atoms. The molecule has 1 saturated carbocycles. The van der Waals surface area contributed by atoms with E-state index in [2.05, 4.69) is 25.7 Å². The van der Waals surface area contributed by atoms with Crippen LogP contribution in [0.2, 0.25) is 0 Å². The maximum atomic E-state index is 12.4. The molecule has 4 rings (SSSR count). The fourth-order valence-electron chi connectivity index (χ4n) is 3.60. The second-order valence-electron chi connectivity index (χ2n) is 8.35. The summed E-state index contributed by atoms with van der Waals surface area (Å²) in [6.07, 6.45) is 4.11. The van der Waals surface area contributed by atoms with Crippen LogP contribution in [0.3, 0.4) is 0 Å². The van der Waals surface area contributed by atoms with Gasteiger partial charge >= 0.3 is 0 Å². The number of benzene rings is 1. The van der Waals surface area contributed by atoms with Crippen molar-refractivity contribution in [3.05, 3.63) is 47.5 Å². The Hall–Kier alpha value is -2.61. The molecule has 164 valence electrons. The molecule has 2 aromatic rings. The molecular weight excluding hydrogens is 410 g/mol. The number of nitrogens with zero attached hydrogens (tertiary/aromatic N) is 3. The van der Waals surface area contributed by atoms with E-state index in [1.165, 1.54) is 17.3 Å². The Labute approximate surface area is 187 Å². The third-order valence-corrected chi connectivity index (χ3v) is 6.55. The Kier molecular flexibility index (Phi) is 7.06. The second-order valence-corrected chi connectivity index (χ2v) is 9.34.